The Bertz CT molecular complexity index is 692. The minimum absolute atomic E-state index is 0.0535. The van der Waals surface area contributed by atoms with E-state index in [1.165, 1.54) is 24.1 Å². The van der Waals surface area contributed by atoms with Crippen LogP contribution >= 0.6 is 11.6 Å². The summed E-state index contributed by atoms with van der Waals surface area (Å²) < 4.78 is 18.2. The highest BCUT2D eigenvalue weighted by Gasteiger charge is 2.27. The topological polar surface area (TPSA) is 87.2 Å². The van der Waals surface area contributed by atoms with Crippen LogP contribution in [0.1, 0.15) is 12.8 Å². The van der Waals surface area contributed by atoms with Gasteiger partial charge in [0, 0.05) is 20.1 Å². The first-order valence-corrected chi connectivity index (χ1v) is 8.48. The highest BCUT2D eigenvalue weighted by atomic mass is 35.5. The molecule has 0 aromatic heterocycles. The Labute approximate surface area is 155 Å². The van der Waals surface area contributed by atoms with Gasteiger partial charge in [0.25, 0.3) is 5.91 Å². The molecule has 1 N–H and O–H groups in total. The van der Waals surface area contributed by atoms with Crippen molar-refractivity contribution >= 4 is 29.4 Å². The zero-order chi connectivity index (χ0) is 19.3. The summed E-state index contributed by atoms with van der Waals surface area (Å²) in [5.74, 6) is -2.28. The van der Waals surface area contributed by atoms with Gasteiger partial charge >= 0.3 is 5.97 Å². The first-order valence-electron chi connectivity index (χ1n) is 8.10. The highest BCUT2D eigenvalue weighted by molar-refractivity contribution is 6.32. The van der Waals surface area contributed by atoms with Crippen LogP contribution in [0.4, 0.5) is 4.39 Å². The molecule has 0 spiro atoms. The lowest BCUT2D eigenvalue weighted by molar-refractivity contribution is -0.146. The number of benzene rings is 1. The van der Waals surface area contributed by atoms with Crippen molar-refractivity contribution in [1.82, 2.24) is 9.80 Å². The number of carboxylic acid groups (broad SMARTS) is 1. The highest BCUT2D eigenvalue weighted by Crippen LogP contribution is 2.24. The van der Waals surface area contributed by atoms with Crippen LogP contribution in [0.15, 0.2) is 18.2 Å². The number of nitrogens with zero attached hydrogens (tertiary/aromatic N) is 2. The van der Waals surface area contributed by atoms with E-state index >= 15 is 0 Å². The zero-order valence-electron chi connectivity index (χ0n) is 14.3. The molecule has 26 heavy (non-hydrogen) atoms. The van der Waals surface area contributed by atoms with Crippen LogP contribution in [0, 0.1) is 11.7 Å². The van der Waals surface area contributed by atoms with Gasteiger partial charge in [0.15, 0.2) is 6.61 Å². The van der Waals surface area contributed by atoms with Gasteiger partial charge in [-0.3, -0.25) is 14.4 Å². The largest absolute Gasteiger partial charge is 0.482 e. The van der Waals surface area contributed by atoms with Crippen molar-refractivity contribution in [3.63, 3.8) is 0 Å². The molecule has 1 aliphatic heterocycles. The molecule has 1 heterocycles. The van der Waals surface area contributed by atoms with Gasteiger partial charge in [-0.25, -0.2) is 4.39 Å². The number of amides is 2. The average Bonchev–Trinajstić information content (AvgIpc) is 2.60. The molecule has 0 atom stereocenters. The van der Waals surface area contributed by atoms with Crippen molar-refractivity contribution < 1.29 is 28.6 Å². The third kappa shape index (κ3) is 5.32. The number of aliphatic carboxylic acids is 1. The first-order chi connectivity index (χ1) is 12.3. The Morgan fingerprint density at radius 1 is 1.35 bits per heavy atom. The maximum absolute atomic E-state index is 13.0. The number of hydrogen-bond acceptors (Lipinski definition) is 4. The predicted molar refractivity (Wildman–Crippen MR) is 91.5 cm³/mol. The smallest absolute Gasteiger partial charge is 0.306 e. The van der Waals surface area contributed by atoms with Gasteiger partial charge in [-0.1, -0.05) is 11.6 Å². The quantitative estimate of drug-likeness (QED) is 0.803. The van der Waals surface area contributed by atoms with Crippen LogP contribution in [0.25, 0.3) is 0 Å². The van der Waals surface area contributed by atoms with Crippen LogP contribution in [0.2, 0.25) is 5.02 Å². The Balaban J connectivity index is 1.79. The van der Waals surface area contributed by atoms with Crippen LogP contribution in [0.3, 0.4) is 0 Å². The third-order valence-electron chi connectivity index (χ3n) is 4.24. The maximum Gasteiger partial charge on any atom is 0.306 e. The molecule has 1 aromatic carbocycles. The Morgan fingerprint density at radius 3 is 2.58 bits per heavy atom. The minimum atomic E-state index is -0.846. The number of hydrogen-bond donors (Lipinski definition) is 1. The van der Waals surface area contributed by atoms with Crippen molar-refractivity contribution in [2.75, 3.05) is 33.3 Å². The number of likely N-dealkylation sites (tertiary alicyclic amines) is 1. The molecule has 0 aliphatic carbocycles. The van der Waals surface area contributed by atoms with Gasteiger partial charge in [-0.15, -0.1) is 0 Å². The van der Waals surface area contributed by atoms with E-state index < -0.39 is 23.6 Å². The molecule has 0 unspecified atom stereocenters. The van der Waals surface area contributed by atoms with E-state index in [-0.39, 0.29) is 29.8 Å². The van der Waals surface area contributed by atoms with Crippen molar-refractivity contribution in [2.24, 2.45) is 5.92 Å². The molecular weight excluding hydrogens is 367 g/mol. The lowest BCUT2D eigenvalue weighted by atomic mass is 9.97. The molecule has 2 amide bonds. The van der Waals surface area contributed by atoms with Crippen LogP contribution in [-0.4, -0.2) is 66.0 Å². The second-order valence-corrected chi connectivity index (χ2v) is 6.51. The molecule has 0 saturated carbocycles. The molecule has 2 rings (SSSR count). The normalized spacial score (nSPS) is 14.8. The lowest BCUT2D eigenvalue weighted by Gasteiger charge is -2.31. The molecule has 7 nitrogen and oxygen atoms in total. The number of carbonyl (C=O) groups is 3. The van der Waals surface area contributed by atoms with E-state index in [9.17, 15) is 18.8 Å². The summed E-state index contributed by atoms with van der Waals surface area (Å²) in [6, 6.07) is 3.57. The van der Waals surface area contributed by atoms with E-state index in [4.69, 9.17) is 21.4 Å². The Morgan fingerprint density at radius 2 is 2.00 bits per heavy atom. The number of carboxylic acids is 1. The molecule has 1 fully saturated rings. The van der Waals surface area contributed by atoms with E-state index in [0.717, 1.165) is 6.07 Å². The number of carbonyl (C=O) groups excluding carboxylic acids is 2. The monoisotopic (exact) mass is 386 g/mol. The van der Waals surface area contributed by atoms with Crippen LogP contribution in [-0.2, 0) is 14.4 Å². The lowest BCUT2D eigenvalue weighted by Crippen LogP contribution is -2.46. The van der Waals surface area contributed by atoms with Gasteiger partial charge in [-0.05, 0) is 31.0 Å². The van der Waals surface area contributed by atoms with Crippen molar-refractivity contribution in [3.8, 4) is 5.75 Å². The second-order valence-electron chi connectivity index (χ2n) is 6.11. The number of likely N-dealkylation sites (N-methyl/N-ethyl adjacent to an activating group) is 1. The first kappa shape index (κ1) is 20.0. The van der Waals surface area contributed by atoms with Gasteiger partial charge in [-0.2, -0.15) is 0 Å². The van der Waals surface area contributed by atoms with Gasteiger partial charge in [0.2, 0.25) is 5.91 Å². The molecule has 1 aliphatic rings. The Hall–Kier alpha value is -2.35. The summed E-state index contributed by atoms with van der Waals surface area (Å²) in [6.45, 7) is 0.256. The van der Waals surface area contributed by atoms with Crippen LogP contribution in [0.5, 0.6) is 5.75 Å². The average molecular weight is 387 g/mol. The molecule has 142 valence electrons. The van der Waals surface area contributed by atoms with E-state index in [2.05, 4.69) is 0 Å². The summed E-state index contributed by atoms with van der Waals surface area (Å²) in [4.78, 5) is 38.0. The number of ether oxygens (including phenoxy) is 1. The Kier molecular flexibility index (Phi) is 6.79. The molecular formula is C17H20ClFN2O5. The summed E-state index contributed by atoms with van der Waals surface area (Å²) in [7, 11) is 1.47. The van der Waals surface area contributed by atoms with Crippen molar-refractivity contribution in [2.45, 2.75) is 12.8 Å². The van der Waals surface area contributed by atoms with Gasteiger partial charge < -0.3 is 19.6 Å². The van der Waals surface area contributed by atoms with Gasteiger partial charge in [0.05, 0.1) is 17.5 Å². The zero-order valence-corrected chi connectivity index (χ0v) is 15.0. The SMILES string of the molecule is CN(CC(=O)N1CCC(C(=O)O)CC1)C(=O)COc1ccc(F)cc1Cl. The predicted octanol–water partition coefficient (Wildman–Crippen LogP) is 1.64. The number of halogens is 2. The number of rotatable bonds is 6. The van der Waals surface area contributed by atoms with E-state index in [1.807, 2.05) is 0 Å². The molecule has 0 radical (unpaired) electrons. The van der Waals surface area contributed by atoms with Crippen molar-refractivity contribution in [3.05, 3.63) is 29.0 Å². The fourth-order valence-electron chi connectivity index (χ4n) is 2.61. The van der Waals surface area contributed by atoms with E-state index in [0.29, 0.717) is 25.9 Å². The summed E-state index contributed by atoms with van der Waals surface area (Å²) >= 11 is 5.82. The molecule has 9 heteroatoms. The second kappa shape index (κ2) is 8.84. The summed E-state index contributed by atoms with van der Waals surface area (Å²) in [5, 5.41) is 9.02. The van der Waals surface area contributed by atoms with Gasteiger partial charge in [0.1, 0.15) is 11.6 Å². The summed E-state index contributed by atoms with van der Waals surface area (Å²) in [6.07, 6.45) is 0.815. The maximum atomic E-state index is 13.0. The standard InChI is InChI=1S/C17H20ClFN2O5/c1-20(9-15(22)21-6-4-11(5-7-21)17(24)25)16(23)10-26-14-3-2-12(19)8-13(14)18/h2-3,8,11H,4-7,9-10H2,1H3,(H,24,25). The van der Waals surface area contributed by atoms with Crippen LogP contribution < -0.4 is 4.74 Å². The third-order valence-corrected chi connectivity index (χ3v) is 4.54. The number of piperidine rings is 1. The minimum Gasteiger partial charge on any atom is -0.482 e. The molecule has 1 saturated heterocycles. The molecule has 1 aromatic rings. The fraction of sp³-hybridized carbons (Fsp3) is 0.471. The van der Waals surface area contributed by atoms with Crippen molar-refractivity contribution in [1.29, 1.82) is 0 Å². The summed E-state index contributed by atoms with van der Waals surface area (Å²) in [5.41, 5.74) is 0. The van der Waals surface area contributed by atoms with E-state index in [1.54, 1.807) is 4.90 Å². The fourth-order valence-corrected chi connectivity index (χ4v) is 2.83. The molecule has 0 bridgehead atoms.